The van der Waals surface area contributed by atoms with Crippen molar-refractivity contribution < 1.29 is 37.3 Å². The summed E-state index contributed by atoms with van der Waals surface area (Å²) in [7, 11) is 1.79. The number of amides is 1. The molecule has 0 aromatic heterocycles. The Morgan fingerprint density at radius 3 is 2.42 bits per heavy atom. The largest absolute Gasteiger partial charge is 0.490 e. The average Bonchev–Trinajstić information content (AvgIpc) is 3.38. The molecule has 1 saturated carbocycles. The van der Waals surface area contributed by atoms with Crippen LogP contribution in [0.15, 0.2) is 30.3 Å². The zero-order valence-electron chi connectivity index (χ0n) is 18.7. The first-order valence-electron chi connectivity index (χ1n) is 11.1. The Morgan fingerprint density at radius 1 is 1.18 bits per heavy atom. The number of methoxy groups -OCH3 is 1. The SMILES string of the molecule is COC[C@H]1CN(CC2CC2)C[C@@]12CCN(C(=O)COc1ccccc1)C2.O=C(O)C(F)(F)F. The van der Waals surface area contributed by atoms with Crippen molar-refractivity contribution in [3.63, 3.8) is 0 Å². The van der Waals surface area contributed by atoms with E-state index in [1.165, 1.54) is 19.4 Å². The molecule has 1 aromatic carbocycles. The predicted octanol–water partition coefficient (Wildman–Crippen LogP) is 2.91. The van der Waals surface area contributed by atoms with Gasteiger partial charge in [-0.15, -0.1) is 0 Å². The van der Waals surface area contributed by atoms with Crippen LogP contribution >= 0.6 is 0 Å². The molecular weight excluding hydrogens is 441 g/mol. The molecule has 7 nitrogen and oxygen atoms in total. The Kier molecular flexibility index (Phi) is 8.23. The summed E-state index contributed by atoms with van der Waals surface area (Å²) in [6.45, 7) is 6.07. The van der Waals surface area contributed by atoms with E-state index >= 15 is 0 Å². The van der Waals surface area contributed by atoms with Gasteiger partial charge in [-0.05, 0) is 37.3 Å². The van der Waals surface area contributed by atoms with Gasteiger partial charge in [0, 0.05) is 51.2 Å². The van der Waals surface area contributed by atoms with Gasteiger partial charge in [0.05, 0.1) is 6.61 Å². The van der Waals surface area contributed by atoms with Gasteiger partial charge in [0.2, 0.25) is 0 Å². The number of alkyl halides is 3. The number of carboxylic acid groups (broad SMARTS) is 1. The van der Waals surface area contributed by atoms with Crippen LogP contribution in [0.1, 0.15) is 19.3 Å². The molecule has 33 heavy (non-hydrogen) atoms. The second-order valence-electron chi connectivity index (χ2n) is 9.12. The van der Waals surface area contributed by atoms with E-state index < -0.39 is 12.1 Å². The van der Waals surface area contributed by atoms with E-state index in [0.29, 0.717) is 5.92 Å². The summed E-state index contributed by atoms with van der Waals surface area (Å²) in [6, 6.07) is 9.57. The van der Waals surface area contributed by atoms with Gasteiger partial charge in [0.25, 0.3) is 5.91 Å². The molecule has 0 unspecified atom stereocenters. The highest BCUT2D eigenvalue weighted by molar-refractivity contribution is 5.78. The van der Waals surface area contributed by atoms with E-state index in [9.17, 15) is 18.0 Å². The van der Waals surface area contributed by atoms with Crippen molar-refractivity contribution in [3.05, 3.63) is 30.3 Å². The first kappa shape index (κ1) is 25.3. The van der Waals surface area contributed by atoms with Crippen molar-refractivity contribution >= 4 is 11.9 Å². The summed E-state index contributed by atoms with van der Waals surface area (Å²) >= 11 is 0. The smallest absolute Gasteiger partial charge is 0.484 e. The third-order valence-corrected chi connectivity index (χ3v) is 6.55. The van der Waals surface area contributed by atoms with Gasteiger partial charge in [-0.2, -0.15) is 13.2 Å². The van der Waals surface area contributed by atoms with E-state index in [4.69, 9.17) is 19.4 Å². The molecule has 184 valence electrons. The number of para-hydroxylation sites is 1. The van der Waals surface area contributed by atoms with Crippen LogP contribution in [-0.2, 0) is 14.3 Å². The number of rotatable bonds is 7. The van der Waals surface area contributed by atoms with Gasteiger partial charge < -0.3 is 24.4 Å². The highest BCUT2D eigenvalue weighted by atomic mass is 19.4. The van der Waals surface area contributed by atoms with Crippen molar-refractivity contribution in [3.8, 4) is 5.75 Å². The molecule has 2 saturated heterocycles. The molecule has 4 rings (SSSR count). The Hall–Kier alpha value is -2.33. The first-order valence-corrected chi connectivity index (χ1v) is 11.1. The van der Waals surface area contributed by atoms with Gasteiger partial charge in [0.15, 0.2) is 6.61 Å². The van der Waals surface area contributed by atoms with E-state index in [1.807, 2.05) is 35.2 Å². The fraction of sp³-hybridized carbons (Fsp3) is 0.652. The highest BCUT2D eigenvalue weighted by Gasteiger charge is 2.51. The van der Waals surface area contributed by atoms with Crippen molar-refractivity contribution in [1.29, 1.82) is 0 Å². The third kappa shape index (κ3) is 7.07. The zero-order valence-corrected chi connectivity index (χ0v) is 18.7. The number of ether oxygens (including phenoxy) is 2. The van der Waals surface area contributed by atoms with Gasteiger partial charge in [0.1, 0.15) is 5.75 Å². The Morgan fingerprint density at radius 2 is 1.85 bits per heavy atom. The molecule has 3 aliphatic rings. The molecule has 1 spiro atoms. The predicted molar refractivity (Wildman–Crippen MR) is 114 cm³/mol. The highest BCUT2D eigenvalue weighted by Crippen LogP contribution is 2.45. The molecule has 2 aliphatic heterocycles. The van der Waals surface area contributed by atoms with Crippen LogP contribution in [0.3, 0.4) is 0 Å². The number of benzene rings is 1. The number of nitrogens with zero attached hydrogens (tertiary/aromatic N) is 2. The number of hydrogen-bond donors (Lipinski definition) is 1. The number of hydrogen-bond acceptors (Lipinski definition) is 5. The van der Waals surface area contributed by atoms with Crippen molar-refractivity contribution in [2.24, 2.45) is 17.3 Å². The lowest BCUT2D eigenvalue weighted by atomic mass is 9.77. The summed E-state index contributed by atoms with van der Waals surface area (Å²) in [6.07, 6.45) is -1.22. The molecule has 10 heteroatoms. The summed E-state index contributed by atoms with van der Waals surface area (Å²) in [4.78, 5) is 26.2. The first-order chi connectivity index (χ1) is 15.6. The molecule has 1 aliphatic carbocycles. The number of likely N-dealkylation sites (tertiary alicyclic amines) is 2. The van der Waals surface area contributed by atoms with Crippen LogP contribution in [-0.4, -0.2) is 86.0 Å². The normalized spacial score (nSPS) is 25.1. The van der Waals surface area contributed by atoms with Crippen LogP contribution in [0.5, 0.6) is 5.75 Å². The summed E-state index contributed by atoms with van der Waals surface area (Å²) in [5.41, 5.74) is 0.202. The fourth-order valence-corrected chi connectivity index (χ4v) is 4.70. The van der Waals surface area contributed by atoms with Crippen molar-refractivity contribution in [2.75, 3.05) is 53.0 Å². The maximum absolute atomic E-state index is 12.6. The minimum Gasteiger partial charge on any atom is -0.484 e. The van der Waals surface area contributed by atoms with Crippen molar-refractivity contribution in [1.82, 2.24) is 9.80 Å². The molecule has 0 bridgehead atoms. The van der Waals surface area contributed by atoms with Gasteiger partial charge in [-0.1, -0.05) is 18.2 Å². The number of aliphatic carboxylic acids is 1. The van der Waals surface area contributed by atoms with Crippen LogP contribution in [0, 0.1) is 17.3 Å². The molecule has 1 aromatic rings. The molecular formula is C23H31F3N2O5. The molecule has 3 fully saturated rings. The third-order valence-electron chi connectivity index (χ3n) is 6.55. The molecule has 2 atom stereocenters. The number of carbonyl (C=O) groups excluding carboxylic acids is 1. The fourth-order valence-electron chi connectivity index (χ4n) is 4.70. The quantitative estimate of drug-likeness (QED) is 0.658. The minimum atomic E-state index is -5.08. The van der Waals surface area contributed by atoms with Crippen LogP contribution in [0.2, 0.25) is 0 Å². The van der Waals surface area contributed by atoms with Crippen molar-refractivity contribution in [2.45, 2.75) is 25.4 Å². The zero-order chi connectivity index (χ0) is 24.1. The van der Waals surface area contributed by atoms with Crippen LogP contribution in [0.25, 0.3) is 0 Å². The Bertz CT molecular complexity index is 803. The maximum atomic E-state index is 12.6. The lowest BCUT2D eigenvalue weighted by Gasteiger charge is -2.30. The minimum absolute atomic E-state index is 0.0996. The molecule has 1 amide bonds. The topological polar surface area (TPSA) is 79.3 Å². The summed E-state index contributed by atoms with van der Waals surface area (Å²) < 4.78 is 42.9. The van der Waals surface area contributed by atoms with E-state index in [2.05, 4.69) is 4.90 Å². The second kappa shape index (κ2) is 10.7. The lowest BCUT2D eigenvalue weighted by molar-refractivity contribution is -0.192. The standard InChI is InChI=1S/C21H30N2O3.C2HF3O2/c1-25-13-18-12-22(11-17-7-8-17)15-21(18)9-10-23(16-21)20(24)14-26-19-5-3-2-4-6-19;3-2(4,5)1(6)7/h2-6,17-18H,7-16H2,1H3;(H,6,7)/t18-,21-;/m1./s1. The molecule has 1 N–H and O–H groups in total. The van der Waals surface area contributed by atoms with E-state index in [-0.39, 0.29) is 17.9 Å². The monoisotopic (exact) mass is 472 g/mol. The summed E-state index contributed by atoms with van der Waals surface area (Å²) in [5.74, 6) is -0.468. The van der Waals surface area contributed by atoms with Crippen LogP contribution < -0.4 is 4.74 Å². The Balaban J connectivity index is 0.000000383. The van der Waals surface area contributed by atoms with Crippen LogP contribution in [0.4, 0.5) is 13.2 Å². The summed E-state index contributed by atoms with van der Waals surface area (Å²) in [5, 5.41) is 7.12. The number of halogens is 3. The molecule has 2 heterocycles. The van der Waals surface area contributed by atoms with Gasteiger partial charge in [-0.3, -0.25) is 4.79 Å². The maximum Gasteiger partial charge on any atom is 0.490 e. The Labute approximate surface area is 191 Å². The average molecular weight is 473 g/mol. The number of carboxylic acids is 1. The molecule has 0 radical (unpaired) electrons. The van der Waals surface area contributed by atoms with E-state index in [0.717, 1.165) is 50.9 Å². The van der Waals surface area contributed by atoms with Gasteiger partial charge in [-0.25, -0.2) is 4.79 Å². The number of carbonyl (C=O) groups is 2. The lowest BCUT2D eigenvalue weighted by Crippen LogP contribution is -2.39. The van der Waals surface area contributed by atoms with Gasteiger partial charge >= 0.3 is 12.1 Å². The second-order valence-corrected chi connectivity index (χ2v) is 9.12. The van der Waals surface area contributed by atoms with E-state index in [1.54, 1.807) is 7.11 Å².